The Morgan fingerprint density at radius 2 is 1.95 bits per heavy atom. The fraction of sp³-hybridized carbons (Fsp3) is 0.941. The summed E-state index contributed by atoms with van der Waals surface area (Å²) in [5.41, 5.74) is -0.294. The Labute approximate surface area is 125 Å². The van der Waals surface area contributed by atoms with Crippen molar-refractivity contribution in [1.82, 2.24) is 10.2 Å². The van der Waals surface area contributed by atoms with Gasteiger partial charge in [-0.05, 0) is 70.6 Å². The predicted octanol–water partition coefficient (Wildman–Crippen LogP) is 3.56. The zero-order valence-corrected chi connectivity index (χ0v) is 13.7. The van der Waals surface area contributed by atoms with Crippen molar-refractivity contribution in [3.63, 3.8) is 0 Å². The third kappa shape index (κ3) is 5.42. The van der Waals surface area contributed by atoms with E-state index in [1.54, 1.807) is 0 Å². The number of rotatable bonds is 9. The summed E-state index contributed by atoms with van der Waals surface area (Å²) in [7, 11) is 0. The molecular formula is C17H33N3. The Morgan fingerprint density at radius 1 is 1.25 bits per heavy atom. The molecule has 1 atom stereocenters. The first-order chi connectivity index (χ1) is 9.69. The molecule has 0 saturated carbocycles. The summed E-state index contributed by atoms with van der Waals surface area (Å²) in [6.07, 6.45) is 8.17. The topological polar surface area (TPSA) is 39.1 Å². The molecule has 1 unspecified atom stereocenters. The quantitative estimate of drug-likeness (QED) is 0.701. The molecule has 1 fully saturated rings. The Bertz CT molecular complexity index is 289. The summed E-state index contributed by atoms with van der Waals surface area (Å²) in [5, 5.41) is 12.9. The summed E-state index contributed by atoms with van der Waals surface area (Å²) >= 11 is 0. The molecule has 20 heavy (non-hydrogen) atoms. The highest BCUT2D eigenvalue weighted by Gasteiger charge is 2.27. The number of hydrogen-bond acceptors (Lipinski definition) is 3. The molecule has 0 aromatic carbocycles. The molecule has 0 aromatic rings. The van der Waals surface area contributed by atoms with E-state index in [0.717, 1.165) is 44.7 Å². The van der Waals surface area contributed by atoms with Crippen molar-refractivity contribution in [3.8, 4) is 6.07 Å². The van der Waals surface area contributed by atoms with Crippen molar-refractivity contribution in [3.05, 3.63) is 0 Å². The lowest BCUT2D eigenvalue weighted by Crippen LogP contribution is -2.44. The number of nitrogens with one attached hydrogen (secondary N) is 1. The first kappa shape index (κ1) is 17.5. The molecule has 1 rings (SSSR count). The van der Waals surface area contributed by atoms with Gasteiger partial charge in [0.2, 0.25) is 0 Å². The van der Waals surface area contributed by atoms with Crippen molar-refractivity contribution < 1.29 is 0 Å². The molecule has 3 heteroatoms. The van der Waals surface area contributed by atoms with E-state index in [4.69, 9.17) is 0 Å². The van der Waals surface area contributed by atoms with Gasteiger partial charge in [-0.25, -0.2) is 0 Å². The largest absolute Gasteiger partial charge is 0.303 e. The molecule has 1 saturated heterocycles. The second-order valence-electron chi connectivity index (χ2n) is 6.27. The summed E-state index contributed by atoms with van der Waals surface area (Å²) in [4.78, 5) is 2.59. The SMILES string of the molecule is CCCNC(C#N)(CC)CCCN1CCC(CC)CC1. The van der Waals surface area contributed by atoms with Crippen LogP contribution in [0.1, 0.15) is 65.7 Å². The molecule has 116 valence electrons. The maximum Gasteiger partial charge on any atom is 0.106 e. The van der Waals surface area contributed by atoms with Crippen LogP contribution in [-0.2, 0) is 0 Å². The molecule has 1 heterocycles. The Morgan fingerprint density at radius 3 is 2.45 bits per heavy atom. The number of nitriles is 1. The van der Waals surface area contributed by atoms with Gasteiger partial charge in [0.15, 0.2) is 0 Å². The second-order valence-corrected chi connectivity index (χ2v) is 6.27. The Hall–Kier alpha value is -0.590. The third-order valence-corrected chi connectivity index (χ3v) is 4.89. The number of likely N-dealkylation sites (tertiary alicyclic amines) is 1. The van der Waals surface area contributed by atoms with E-state index >= 15 is 0 Å². The molecule has 0 spiro atoms. The lowest BCUT2D eigenvalue weighted by molar-refractivity contribution is 0.174. The molecule has 1 aliphatic rings. The number of hydrogen-bond donors (Lipinski definition) is 1. The van der Waals surface area contributed by atoms with Crippen molar-refractivity contribution >= 4 is 0 Å². The van der Waals surface area contributed by atoms with Crippen molar-refractivity contribution in [2.24, 2.45) is 5.92 Å². The van der Waals surface area contributed by atoms with Gasteiger partial charge in [-0.3, -0.25) is 5.32 Å². The smallest absolute Gasteiger partial charge is 0.106 e. The molecule has 0 bridgehead atoms. The molecule has 0 amide bonds. The van der Waals surface area contributed by atoms with Crippen LogP contribution < -0.4 is 5.32 Å². The van der Waals surface area contributed by atoms with Crippen LogP contribution in [0.25, 0.3) is 0 Å². The standard InChI is InChI=1S/C17H33N3/c1-4-11-19-17(6-3,15-18)10-7-12-20-13-8-16(5-2)9-14-20/h16,19H,4-14H2,1-3H3. The van der Waals surface area contributed by atoms with E-state index in [9.17, 15) is 5.26 Å². The van der Waals surface area contributed by atoms with Crippen molar-refractivity contribution in [1.29, 1.82) is 5.26 Å². The van der Waals surface area contributed by atoms with Gasteiger partial charge in [-0.1, -0.05) is 27.2 Å². The lowest BCUT2D eigenvalue weighted by atomic mass is 9.91. The normalized spacial score (nSPS) is 20.5. The molecule has 3 nitrogen and oxygen atoms in total. The first-order valence-electron chi connectivity index (χ1n) is 8.58. The minimum absolute atomic E-state index is 0.294. The summed E-state index contributed by atoms with van der Waals surface area (Å²) in [6, 6.07) is 2.52. The van der Waals surface area contributed by atoms with Crippen molar-refractivity contribution in [2.75, 3.05) is 26.2 Å². The Kier molecular flexibility index (Phi) is 8.18. The van der Waals surface area contributed by atoms with Crippen molar-refractivity contribution in [2.45, 2.75) is 71.3 Å². The highest BCUT2D eigenvalue weighted by molar-refractivity contribution is 5.06. The fourth-order valence-electron chi connectivity index (χ4n) is 3.15. The van der Waals surface area contributed by atoms with E-state index in [0.29, 0.717) is 0 Å². The average Bonchev–Trinajstić information content (AvgIpc) is 2.51. The Balaban J connectivity index is 2.29. The van der Waals surface area contributed by atoms with Gasteiger partial charge in [0.25, 0.3) is 0 Å². The molecule has 1 aliphatic heterocycles. The van der Waals surface area contributed by atoms with E-state index in [1.165, 1.54) is 32.4 Å². The third-order valence-electron chi connectivity index (χ3n) is 4.89. The van der Waals surface area contributed by atoms with Gasteiger partial charge in [0, 0.05) is 0 Å². The molecule has 1 N–H and O–H groups in total. The highest BCUT2D eigenvalue weighted by atomic mass is 15.1. The minimum atomic E-state index is -0.294. The summed E-state index contributed by atoms with van der Waals surface area (Å²) < 4.78 is 0. The van der Waals surface area contributed by atoms with E-state index in [1.807, 2.05) is 0 Å². The van der Waals surface area contributed by atoms with Gasteiger partial charge < -0.3 is 4.90 Å². The van der Waals surface area contributed by atoms with Crippen LogP contribution >= 0.6 is 0 Å². The van der Waals surface area contributed by atoms with Gasteiger partial charge in [0.05, 0.1) is 6.07 Å². The summed E-state index contributed by atoms with van der Waals surface area (Å²) in [5.74, 6) is 0.950. The van der Waals surface area contributed by atoms with Gasteiger partial charge in [-0.2, -0.15) is 5.26 Å². The second kappa shape index (κ2) is 9.37. The van der Waals surface area contributed by atoms with Crippen LogP contribution in [0.3, 0.4) is 0 Å². The van der Waals surface area contributed by atoms with Crippen LogP contribution in [0, 0.1) is 17.2 Å². The summed E-state index contributed by atoms with van der Waals surface area (Å²) in [6.45, 7) is 11.2. The predicted molar refractivity (Wildman–Crippen MR) is 85.6 cm³/mol. The van der Waals surface area contributed by atoms with Crippen LogP contribution in [-0.4, -0.2) is 36.6 Å². The van der Waals surface area contributed by atoms with Crippen LogP contribution in [0.4, 0.5) is 0 Å². The zero-order valence-electron chi connectivity index (χ0n) is 13.7. The fourth-order valence-corrected chi connectivity index (χ4v) is 3.15. The maximum atomic E-state index is 9.48. The first-order valence-corrected chi connectivity index (χ1v) is 8.58. The van der Waals surface area contributed by atoms with Gasteiger partial charge in [0.1, 0.15) is 5.54 Å². The zero-order chi connectivity index (χ0) is 14.8. The minimum Gasteiger partial charge on any atom is -0.303 e. The number of nitrogens with zero attached hydrogens (tertiary/aromatic N) is 2. The number of piperidine rings is 1. The monoisotopic (exact) mass is 279 g/mol. The molecular weight excluding hydrogens is 246 g/mol. The highest BCUT2D eigenvalue weighted by Crippen LogP contribution is 2.21. The van der Waals surface area contributed by atoms with E-state index in [2.05, 4.69) is 37.1 Å². The van der Waals surface area contributed by atoms with E-state index < -0.39 is 0 Å². The molecule has 0 aromatic heterocycles. The maximum absolute atomic E-state index is 9.48. The van der Waals surface area contributed by atoms with Gasteiger partial charge >= 0.3 is 0 Å². The molecule has 0 aliphatic carbocycles. The molecule has 0 radical (unpaired) electrons. The lowest BCUT2D eigenvalue weighted by Gasteiger charge is -2.33. The van der Waals surface area contributed by atoms with E-state index in [-0.39, 0.29) is 5.54 Å². The van der Waals surface area contributed by atoms with Crippen LogP contribution in [0.2, 0.25) is 0 Å². The van der Waals surface area contributed by atoms with Gasteiger partial charge in [-0.15, -0.1) is 0 Å². The van der Waals surface area contributed by atoms with Crippen LogP contribution in [0.5, 0.6) is 0 Å². The average molecular weight is 279 g/mol. The van der Waals surface area contributed by atoms with Crippen LogP contribution in [0.15, 0.2) is 0 Å².